The van der Waals surface area contributed by atoms with Crippen molar-refractivity contribution in [2.24, 2.45) is 13.0 Å². The Morgan fingerprint density at radius 3 is 2.88 bits per heavy atom. The van der Waals surface area contributed by atoms with Gasteiger partial charge in [0, 0.05) is 54.5 Å². The highest BCUT2D eigenvalue weighted by atomic mass is 16.2. The topological polar surface area (TPSA) is 37.3 Å². The molecule has 5 rings (SSSR count). The van der Waals surface area contributed by atoms with Gasteiger partial charge in [-0.1, -0.05) is 24.3 Å². The maximum Gasteiger partial charge on any atom is 0.227 e. The molecular weight excluding hydrogens is 310 g/mol. The van der Waals surface area contributed by atoms with E-state index in [4.69, 9.17) is 0 Å². The number of benzene rings is 2. The molecule has 0 aliphatic carbocycles. The van der Waals surface area contributed by atoms with Crippen molar-refractivity contribution in [3.63, 3.8) is 0 Å². The maximum absolute atomic E-state index is 12.9. The van der Waals surface area contributed by atoms with Gasteiger partial charge in [-0.15, -0.1) is 0 Å². The molecule has 0 unspecified atom stereocenters. The molecule has 2 atom stereocenters. The van der Waals surface area contributed by atoms with Crippen LogP contribution >= 0.6 is 0 Å². The van der Waals surface area contributed by atoms with Crippen LogP contribution in [0.25, 0.3) is 21.8 Å². The van der Waals surface area contributed by atoms with Gasteiger partial charge in [-0.3, -0.25) is 4.79 Å². The summed E-state index contributed by atoms with van der Waals surface area (Å²) in [4.78, 5) is 15.0. The van der Waals surface area contributed by atoms with Gasteiger partial charge in [0.15, 0.2) is 0 Å². The second-order valence-electron chi connectivity index (χ2n) is 7.47. The van der Waals surface area contributed by atoms with E-state index >= 15 is 0 Å². The minimum atomic E-state index is 0.274. The summed E-state index contributed by atoms with van der Waals surface area (Å²) in [6.07, 6.45) is 1.65. The Hall–Kier alpha value is -2.33. The molecule has 4 heteroatoms. The summed E-state index contributed by atoms with van der Waals surface area (Å²) in [5.74, 6) is 0.931. The van der Waals surface area contributed by atoms with E-state index in [2.05, 4.69) is 64.3 Å². The lowest BCUT2D eigenvalue weighted by atomic mass is 10.0. The first kappa shape index (κ1) is 15.0. The van der Waals surface area contributed by atoms with Crippen LogP contribution in [-0.4, -0.2) is 41.1 Å². The number of aryl methyl sites for hydroxylation is 1. The van der Waals surface area contributed by atoms with Crippen molar-refractivity contribution >= 4 is 27.7 Å². The molecule has 0 bridgehead atoms. The lowest BCUT2D eigenvalue weighted by molar-refractivity contribution is -0.131. The molecule has 0 radical (unpaired) electrons. The molecule has 2 saturated heterocycles. The minimum absolute atomic E-state index is 0.274. The van der Waals surface area contributed by atoms with Crippen molar-refractivity contribution in [2.75, 3.05) is 19.6 Å². The highest BCUT2D eigenvalue weighted by molar-refractivity contribution is 6.08. The van der Waals surface area contributed by atoms with E-state index in [0.29, 0.717) is 18.4 Å². The quantitative estimate of drug-likeness (QED) is 0.783. The van der Waals surface area contributed by atoms with Gasteiger partial charge in [0.2, 0.25) is 5.91 Å². The number of hydrogen-bond donors (Lipinski definition) is 1. The number of rotatable bonds is 2. The Labute approximate surface area is 147 Å². The summed E-state index contributed by atoms with van der Waals surface area (Å²) in [5, 5.41) is 5.92. The van der Waals surface area contributed by atoms with Crippen LogP contribution in [0.1, 0.15) is 12.0 Å². The van der Waals surface area contributed by atoms with Crippen LogP contribution in [0.15, 0.2) is 42.5 Å². The summed E-state index contributed by atoms with van der Waals surface area (Å²) >= 11 is 0. The smallest absolute Gasteiger partial charge is 0.227 e. The Morgan fingerprint density at radius 2 is 1.96 bits per heavy atom. The third-order valence-electron chi connectivity index (χ3n) is 6.10. The van der Waals surface area contributed by atoms with Gasteiger partial charge in [0.25, 0.3) is 0 Å². The molecule has 3 aromatic rings. The summed E-state index contributed by atoms with van der Waals surface area (Å²) in [6, 6.07) is 15.4. The number of nitrogens with one attached hydrogen (secondary N) is 1. The van der Waals surface area contributed by atoms with Crippen molar-refractivity contribution < 1.29 is 4.79 Å². The van der Waals surface area contributed by atoms with Crippen LogP contribution in [0.4, 0.5) is 0 Å². The predicted octanol–water partition coefficient (Wildman–Crippen LogP) is 2.69. The highest BCUT2D eigenvalue weighted by Gasteiger charge is 2.39. The third-order valence-corrected chi connectivity index (χ3v) is 6.10. The van der Waals surface area contributed by atoms with Crippen molar-refractivity contribution in [1.29, 1.82) is 0 Å². The van der Waals surface area contributed by atoms with Gasteiger partial charge in [0.05, 0.1) is 6.42 Å². The van der Waals surface area contributed by atoms with Gasteiger partial charge < -0.3 is 14.8 Å². The number of carbonyl (C=O) groups is 1. The van der Waals surface area contributed by atoms with E-state index in [0.717, 1.165) is 31.6 Å². The first-order valence-electron chi connectivity index (χ1n) is 9.18. The first-order valence-corrected chi connectivity index (χ1v) is 9.18. The number of likely N-dealkylation sites (tertiary alicyclic amines) is 1. The summed E-state index contributed by atoms with van der Waals surface area (Å²) < 4.78 is 2.23. The molecule has 128 valence electrons. The molecule has 25 heavy (non-hydrogen) atoms. The Kier molecular flexibility index (Phi) is 3.35. The number of para-hydroxylation sites is 1. The third kappa shape index (κ3) is 2.28. The molecule has 2 aliphatic heterocycles. The number of fused-ring (bicyclic) bond motifs is 4. The minimum Gasteiger partial charge on any atom is -0.344 e. The summed E-state index contributed by atoms with van der Waals surface area (Å²) in [7, 11) is 2.10. The fourth-order valence-electron chi connectivity index (χ4n) is 4.76. The van der Waals surface area contributed by atoms with E-state index in [-0.39, 0.29) is 5.91 Å². The van der Waals surface area contributed by atoms with Crippen molar-refractivity contribution in [1.82, 2.24) is 14.8 Å². The second kappa shape index (κ2) is 5.60. The zero-order valence-corrected chi connectivity index (χ0v) is 14.5. The van der Waals surface area contributed by atoms with Crippen LogP contribution in [0.5, 0.6) is 0 Å². The highest BCUT2D eigenvalue weighted by Crippen LogP contribution is 2.30. The molecule has 1 amide bonds. The van der Waals surface area contributed by atoms with Gasteiger partial charge in [-0.25, -0.2) is 0 Å². The number of carbonyl (C=O) groups excluding carboxylic acids is 1. The molecule has 0 saturated carbocycles. The summed E-state index contributed by atoms with van der Waals surface area (Å²) in [6.45, 7) is 2.95. The maximum atomic E-state index is 12.9. The van der Waals surface area contributed by atoms with Gasteiger partial charge in [-0.2, -0.15) is 0 Å². The molecule has 2 aliphatic rings. The number of hydrogen-bond acceptors (Lipinski definition) is 2. The monoisotopic (exact) mass is 333 g/mol. The average Bonchev–Trinajstić information content (AvgIpc) is 3.30. The fraction of sp³-hybridized carbons (Fsp3) is 0.381. The predicted molar refractivity (Wildman–Crippen MR) is 101 cm³/mol. The molecule has 2 fully saturated rings. The van der Waals surface area contributed by atoms with E-state index in [9.17, 15) is 4.79 Å². The van der Waals surface area contributed by atoms with Gasteiger partial charge in [-0.05, 0) is 36.1 Å². The largest absolute Gasteiger partial charge is 0.344 e. The molecule has 2 aromatic carbocycles. The molecular formula is C21H23N3O. The first-order chi connectivity index (χ1) is 12.2. The van der Waals surface area contributed by atoms with Crippen LogP contribution in [0.3, 0.4) is 0 Å². The molecule has 1 N–H and O–H groups in total. The van der Waals surface area contributed by atoms with Gasteiger partial charge >= 0.3 is 0 Å². The van der Waals surface area contributed by atoms with Crippen LogP contribution < -0.4 is 5.32 Å². The standard InChI is InChI=1S/C21H23N3O/c1-23-18-5-3-2-4-16(18)17-10-14(6-7-19(17)23)11-21(25)24-9-8-15-12-22-13-20(15)24/h2-7,10,15,20,22H,8-9,11-13H2,1H3/t15-,20+/m0/s1. The normalized spacial score (nSPS) is 22.8. The zero-order valence-electron chi connectivity index (χ0n) is 14.5. The fourth-order valence-corrected chi connectivity index (χ4v) is 4.76. The van der Waals surface area contributed by atoms with Gasteiger partial charge in [0.1, 0.15) is 0 Å². The van der Waals surface area contributed by atoms with Crippen LogP contribution in [0.2, 0.25) is 0 Å². The van der Waals surface area contributed by atoms with E-state index in [1.807, 2.05) is 0 Å². The van der Waals surface area contributed by atoms with Crippen LogP contribution in [-0.2, 0) is 18.3 Å². The summed E-state index contributed by atoms with van der Waals surface area (Å²) in [5.41, 5.74) is 3.57. The van der Waals surface area contributed by atoms with Crippen molar-refractivity contribution in [3.05, 3.63) is 48.0 Å². The molecule has 1 aromatic heterocycles. The average molecular weight is 333 g/mol. The Bertz CT molecular complexity index is 974. The molecule has 3 heterocycles. The Morgan fingerprint density at radius 1 is 1.12 bits per heavy atom. The van der Waals surface area contributed by atoms with Crippen LogP contribution in [0, 0.1) is 5.92 Å². The zero-order chi connectivity index (χ0) is 17.0. The number of nitrogens with zero attached hydrogens (tertiary/aromatic N) is 2. The number of aromatic nitrogens is 1. The Balaban J connectivity index is 1.47. The van der Waals surface area contributed by atoms with E-state index in [1.165, 1.54) is 21.8 Å². The van der Waals surface area contributed by atoms with E-state index in [1.54, 1.807) is 0 Å². The van der Waals surface area contributed by atoms with Crippen molar-refractivity contribution in [3.8, 4) is 0 Å². The number of amides is 1. The van der Waals surface area contributed by atoms with Crippen molar-refractivity contribution in [2.45, 2.75) is 18.9 Å². The SMILES string of the molecule is Cn1c2ccccc2c2cc(CC(=O)N3CC[C@H]4CNC[C@H]43)ccc21. The lowest BCUT2D eigenvalue weighted by Crippen LogP contribution is -2.39. The second-order valence-corrected chi connectivity index (χ2v) is 7.47. The molecule has 4 nitrogen and oxygen atoms in total. The molecule has 0 spiro atoms. The lowest BCUT2D eigenvalue weighted by Gasteiger charge is -2.23. The van der Waals surface area contributed by atoms with E-state index < -0.39 is 0 Å².